The molecule has 1 N–H and O–H groups in total. The number of halogens is 1. The number of hydrogen-bond acceptors (Lipinski definition) is 4. The zero-order chi connectivity index (χ0) is 25.8. The van der Waals surface area contributed by atoms with E-state index in [9.17, 15) is 4.79 Å². The number of rotatable bonds is 8. The van der Waals surface area contributed by atoms with Gasteiger partial charge in [-0.15, -0.1) is 0 Å². The van der Waals surface area contributed by atoms with Crippen LogP contribution in [-0.2, 0) is 17.8 Å². The van der Waals surface area contributed by atoms with Gasteiger partial charge in [0, 0.05) is 6.39 Å². The quantitative estimate of drug-likeness (QED) is 0.303. The predicted octanol–water partition coefficient (Wildman–Crippen LogP) is 6.59. The van der Waals surface area contributed by atoms with Crippen molar-refractivity contribution >= 4 is 17.5 Å². The van der Waals surface area contributed by atoms with Crippen molar-refractivity contribution in [2.75, 3.05) is 0 Å². The lowest BCUT2D eigenvalue weighted by Gasteiger charge is -2.22. The number of carbonyl (C=O) groups excluding carboxylic acids is 1. The van der Waals surface area contributed by atoms with Gasteiger partial charge in [-0.05, 0) is 74.2 Å². The lowest BCUT2D eigenvalue weighted by Crippen LogP contribution is -2.31. The van der Waals surface area contributed by atoms with Crippen LogP contribution in [0.5, 0.6) is 5.75 Å². The van der Waals surface area contributed by atoms with Gasteiger partial charge < -0.3 is 14.6 Å². The fourth-order valence-electron chi connectivity index (χ4n) is 4.00. The summed E-state index contributed by atoms with van der Waals surface area (Å²) in [6.45, 7) is 8.12. The lowest BCUT2D eigenvalue weighted by molar-refractivity contribution is -0.120. The molecule has 5 nitrogen and oxygen atoms in total. The van der Waals surface area contributed by atoms with Crippen molar-refractivity contribution in [2.24, 2.45) is 0 Å². The highest BCUT2D eigenvalue weighted by atomic mass is 35.5. The Morgan fingerprint density at radius 3 is 2.40 bits per heavy atom. The van der Waals surface area contributed by atoms with E-state index in [4.69, 9.17) is 22.2 Å². The number of aromatic nitrogens is 1. The van der Waals surface area contributed by atoms with E-state index in [2.05, 4.69) is 16.5 Å². The maximum atomic E-state index is 13.2. The molecule has 4 aromatic rings. The van der Waals surface area contributed by atoms with Crippen LogP contribution in [0.2, 0.25) is 5.02 Å². The SMILES string of the molecule is [2H]C(C(=O)NC(c1ccc(Cl)cc1)c1ccc(C)cc1C)c1ccc(OCc2c(C)noc2C)cc1. The number of hydrogen-bond donors (Lipinski definition) is 1. The summed E-state index contributed by atoms with van der Waals surface area (Å²) >= 11 is 6.09. The van der Waals surface area contributed by atoms with Crippen molar-refractivity contribution in [1.82, 2.24) is 10.5 Å². The van der Waals surface area contributed by atoms with Gasteiger partial charge in [-0.25, -0.2) is 0 Å². The Balaban J connectivity index is 1.49. The Labute approximate surface area is 212 Å². The molecular formula is C29H29ClN2O3. The molecule has 0 spiro atoms. The lowest BCUT2D eigenvalue weighted by atomic mass is 9.93. The molecule has 0 aliphatic heterocycles. The third-order valence-electron chi connectivity index (χ3n) is 5.97. The number of carbonyl (C=O) groups is 1. The van der Waals surface area contributed by atoms with E-state index in [1.54, 1.807) is 36.4 Å². The normalized spacial score (nSPS) is 13.1. The fourth-order valence-corrected chi connectivity index (χ4v) is 4.13. The van der Waals surface area contributed by atoms with Crippen molar-refractivity contribution in [3.05, 3.63) is 117 Å². The first kappa shape index (κ1) is 23.2. The summed E-state index contributed by atoms with van der Waals surface area (Å²) in [5.41, 5.74) is 6.38. The minimum atomic E-state index is -1.10. The van der Waals surface area contributed by atoms with Gasteiger partial charge in [0.25, 0.3) is 0 Å². The largest absolute Gasteiger partial charge is 0.489 e. The van der Waals surface area contributed by atoms with Gasteiger partial charge in [-0.2, -0.15) is 0 Å². The van der Waals surface area contributed by atoms with Crippen LogP contribution in [-0.4, -0.2) is 11.1 Å². The summed E-state index contributed by atoms with van der Waals surface area (Å²) in [4.78, 5) is 13.2. The van der Waals surface area contributed by atoms with E-state index >= 15 is 0 Å². The van der Waals surface area contributed by atoms with Crippen LogP contribution in [0, 0.1) is 27.7 Å². The van der Waals surface area contributed by atoms with E-state index in [-0.39, 0.29) is 5.91 Å². The average Bonchev–Trinajstić information content (AvgIpc) is 3.19. The third-order valence-corrected chi connectivity index (χ3v) is 6.22. The van der Waals surface area contributed by atoms with E-state index < -0.39 is 12.4 Å². The topological polar surface area (TPSA) is 64.4 Å². The van der Waals surface area contributed by atoms with Crippen molar-refractivity contribution < 1.29 is 15.4 Å². The zero-order valence-electron chi connectivity index (χ0n) is 21.3. The molecule has 0 saturated heterocycles. The van der Waals surface area contributed by atoms with Crippen molar-refractivity contribution in [3.63, 3.8) is 0 Å². The fraction of sp³-hybridized carbons (Fsp3) is 0.241. The number of ether oxygens (including phenoxy) is 1. The highest BCUT2D eigenvalue weighted by Crippen LogP contribution is 2.27. The molecule has 1 heterocycles. The van der Waals surface area contributed by atoms with Crippen molar-refractivity contribution in [3.8, 4) is 5.75 Å². The molecule has 0 aliphatic rings. The minimum absolute atomic E-state index is 0.337. The third kappa shape index (κ3) is 6.11. The van der Waals surface area contributed by atoms with Gasteiger partial charge in [0.2, 0.25) is 5.91 Å². The number of amides is 1. The molecule has 0 fully saturated rings. The molecule has 3 aromatic carbocycles. The van der Waals surface area contributed by atoms with E-state index in [0.717, 1.165) is 39.3 Å². The number of nitrogens with one attached hydrogen (secondary N) is 1. The van der Waals surface area contributed by atoms with Gasteiger partial charge in [-0.1, -0.05) is 64.8 Å². The number of aryl methyl sites for hydroxylation is 4. The summed E-state index contributed by atoms with van der Waals surface area (Å²) in [5.74, 6) is 0.978. The van der Waals surface area contributed by atoms with E-state index in [1.807, 2.05) is 52.0 Å². The summed E-state index contributed by atoms with van der Waals surface area (Å²) < 4.78 is 19.6. The summed E-state index contributed by atoms with van der Waals surface area (Å²) in [5, 5.41) is 7.64. The summed E-state index contributed by atoms with van der Waals surface area (Å²) in [7, 11) is 0. The molecule has 4 rings (SSSR count). The summed E-state index contributed by atoms with van der Waals surface area (Å²) in [6.07, 6.45) is -1.10. The molecule has 6 heteroatoms. The monoisotopic (exact) mass is 489 g/mol. The van der Waals surface area contributed by atoms with E-state index in [0.29, 0.717) is 22.9 Å². The first-order valence-corrected chi connectivity index (χ1v) is 11.8. The molecule has 1 amide bonds. The highest BCUT2D eigenvalue weighted by Gasteiger charge is 2.19. The van der Waals surface area contributed by atoms with Gasteiger partial charge in [0.15, 0.2) is 0 Å². The molecule has 0 bridgehead atoms. The standard InChI is InChI=1S/C29H29ClN2O3/c1-18-5-14-26(19(2)15-18)29(23-8-10-24(30)11-9-23)31-28(33)16-22-6-12-25(13-7-22)34-17-27-20(3)32-35-21(27)4/h5-15,29H,16-17H2,1-4H3,(H,31,33)/i16D. The van der Waals surface area contributed by atoms with Gasteiger partial charge in [0.05, 0.1) is 23.7 Å². The Hall–Kier alpha value is -3.57. The van der Waals surface area contributed by atoms with E-state index in [1.165, 1.54) is 0 Å². The first-order chi connectivity index (χ1) is 17.2. The van der Waals surface area contributed by atoms with Crippen molar-refractivity contribution in [2.45, 2.75) is 46.7 Å². The number of nitrogens with zero attached hydrogens (tertiary/aromatic N) is 1. The average molecular weight is 490 g/mol. The molecular weight excluding hydrogens is 460 g/mol. The van der Waals surface area contributed by atoms with Crippen LogP contribution in [0.1, 0.15) is 52.2 Å². The second-order valence-electron chi connectivity index (χ2n) is 8.66. The van der Waals surface area contributed by atoms with Crippen molar-refractivity contribution in [1.29, 1.82) is 0 Å². The molecule has 1 aromatic heterocycles. The molecule has 35 heavy (non-hydrogen) atoms. The Morgan fingerprint density at radius 2 is 1.77 bits per heavy atom. The predicted molar refractivity (Wildman–Crippen MR) is 138 cm³/mol. The second kappa shape index (κ2) is 10.8. The Bertz CT molecular complexity index is 1330. The van der Waals surface area contributed by atoms with Crippen LogP contribution in [0.25, 0.3) is 0 Å². The maximum absolute atomic E-state index is 13.2. The molecule has 2 atom stereocenters. The molecule has 0 saturated carbocycles. The molecule has 180 valence electrons. The van der Waals surface area contributed by atoms with Gasteiger partial charge in [0.1, 0.15) is 18.1 Å². The van der Waals surface area contributed by atoms with Gasteiger partial charge in [-0.3, -0.25) is 4.79 Å². The molecule has 0 aliphatic carbocycles. The molecule has 0 radical (unpaired) electrons. The second-order valence-corrected chi connectivity index (χ2v) is 9.09. The molecule has 2 unspecified atom stereocenters. The minimum Gasteiger partial charge on any atom is -0.489 e. The van der Waals surface area contributed by atoms with Crippen LogP contribution >= 0.6 is 11.6 Å². The van der Waals surface area contributed by atoms with Crippen LogP contribution < -0.4 is 10.1 Å². The van der Waals surface area contributed by atoms with Gasteiger partial charge >= 0.3 is 0 Å². The Kier molecular flexibility index (Phi) is 7.15. The highest BCUT2D eigenvalue weighted by molar-refractivity contribution is 6.30. The Morgan fingerprint density at radius 1 is 1.06 bits per heavy atom. The van der Waals surface area contributed by atoms with Crippen LogP contribution in [0.4, 0.5) is 0 Å². The summed E-state index contributed by atoms with van der Waals surface area (Å²) in [6, 6.07) is 20.2. The zero-order valence-corrected chi connectivity index (χ0v) is 21.0. The van der Waals surface area contributed by atoms with Crippen LogP contribution in [0.3, 0.4) is 0 Å². The first-order valence-electron chi connectivity index (χ1n) is 12.0. The number of benzene rings is 3. The smallest absolute Gasteiger partial charge is 0.225 e. The maximum Gasteiger partial charge on any atom is 0.225 e. The van der Waals surface area contributed by atoms with Crippen LogP contribution in [0.15, 0.2) is 71.3 Å².